The number of hydrogen-bond donors (Lipinski definition) is 2. The minimum Gasteiger partial charge on any atom is -0.352 e. The molecule has 1 amide bonds. The van der Waals surface area contributed by atoms with Gasteiger partial charge in [-0.3, -0.25) is 9.59 Å². The fourth-order valence-electron chi connectivity index (χ4n) is 5.84. The zero-order valence-corrected chi connectivity index (χ0v) is 16.2. The van der Waals surface area contributed by atoms with E-state index in [-0.39, 0.29) is 39.5 Å². The number of rotatable bonds is 5. The number of amides is 1. The van der Waals surface area contributed by atoms with E-state index >= 15 is 0 Å². The second-order valence-electron chi connectivity index (χ2n) is 8.60. The summed E-state index contributed by atoms with van der Waals surface area (Å²) in [6.07, 6.45) is 7.99. The Morgan fingerprint density at radius 2 is 1.85 bits per heavy atom. The van der Waals surface area contributed by atoms with Crippen molar-refractivity contribution < 1.29 is 4.79 Å². The Labute approximate surface area is 157 Å². The zero-order chi connectivity index (χ0) is 18.5. The van der Waals surface area contributed by atoms with Gasteiger partial charge in [-0.25, -0.2) is 0 Å². The van der Waals surface area contributed by atoms with Crippen LogP contribution in [-0.4, -0.2) is 32.6 Å². The van der Waals surface area contributed by atoms with Gasteiger partial charge in [0.05, 0.1) is 5.75 Å². The summed E-state index contributed by atoms with van der Waals surface area (Å²) in [7, 11) is 0. The predicted octanol–water partition coefficient (Wildman–Crippen LogP) is 1.47. The molecular formula is C18H27N5O2S. The van der Waals surface area contributed by atoms with Crippen LogP contribution >= 0.6 is 11.8 Å². The van der Waals surface area contributed by atoms with Gasteiger partial charge in [-0.1, -0.05) is 11.8 Å². The topological polar surface area (TPSA) is 103 Å². The summed E-state index contributed by atoms with van der Waals surface area (Å²) in [5, 5.41) is 11.2. The van der Waals surface area contributed by atoms with Crippen molar-refractivity contribution in [3.8, 4) is 0 Å². The first-order valence-corrected chi connectivity index (χ1v) is 10.5. The maximum Gasteiger partial charge on any atom is 0.294 e. The number of aryl methyl sites for hydroxylation is 1. The fourth-order valence-corrected chi connectivity index (χ4v) is 6.51. The third kappa shape index (κ3) is 3.12. The average Bonchev–Trinajstić information content (AvgIpc) is 2.58. The molecule has 0 radical (unpaired) electrons. The average molecular weight is 378 g/mol. The Kier molecular flexibility index (Phi) is 4.49. The third-order valence-electron chi connectivity index (χ3n) is 6.73. The number of thioether (sulfide) groups is 1. The van der Waals surface area contributed by atoms with Crippen molar-refractivity contribution in [2.24, 2.45) is 23.2 Å². The molecule has 4 aliphatic rings. The molecule has 7 nitrogen and oxygen atoms in total. The van der Waals surface area contributed by atoms with Crippen LogP contribution in [-0.2, 0) is 4.79 Å². The largest absolute Gasteiger partial charge is 0.352 e. The van der Waals surface area contributed by atoms with Gasteiger partial charge in [-0.15, -0.1) is 10.2 Å². The SMILES string of the molecule is Cc1nnc(SCC(=O)N[C@H](C)C23CC4CC(CC(C4)C2)C3)n(N)c1=O. The fraction of sp³-hybridized carbons (Fsp3) is 0.778. The molecule has 1 heterocycles. The molecule has 4 saturated carbocycles. The van der Waals surface area contributed by atoms with Crippen LogP contribution in [0.2, 0.25) is 0 Å². The highest BCUT2D eigenvalue weighted by Gasteiger charge is 2.53. The normalized spacial score (nSPS) is 33.2. The van der Waals surface area contributed by atoms with Gasteiger partial charge in [0.15, 0.2) is 0 Å². The van der Waals surface area contributed by atoms with E-state index in [1.807, 2.05) is 0 Å². The van der Waals surface area contributed by atoms with Crippen LogP contribution in [0.25, 0.3) is 0 Å². The van der Waals surface area contributed by atoms with Gasteiger partial charge in [0, 0.05) is 6.04 Å². The predicted molar refractivity (Wildman–Crippen MR) is 100 cm³/mol. The lowest BCUT2D eigenvalue weighted by Gasteiger charge is -2.59. The van der Waals surface area contributed by atoms with E-state index < -0.39 is 0 Å². The van der Waals surface area contributed by atoms with Crippen molar-refractivity contribution >= 4 is 17.7 Å². The van der Waals surface area contributed by atoms with Gasteiger partial charge < -0.3 is 11.2 Å². The van der Waals surface area contributed by atoms with Crippen molar-refractivity contribution in [1.82, 2.24) is 20.2 Å². The van der Waals surface area contributed by atoms with Crippen LogP contribution in [0.15, 0.2) is 9.95 Å². The molecule has 5 rings (SSSR count). The molecule has 1 atom stereocenters. The van der Waals surface area contributed by atoms with E-state index in [2.05, 4.69) is 22.4 Å². The lowest BCUT2D eigenvalue weighted by atomic mass is 9.48. The molecule has 4 fully saturated rings. The maximum absolute atomic E-state index is 12.5. The molecule has 142 valence electrons. The zero-order valence-electron chi connectivity index (χ0n) is 15.4. The number of nitrogens with zero attached hydrogens (tertiary/aromatic N) is 3. The number of aromatic nitrogens is 3. The Balaban J connectivity index is 1.37. The highest BCUT2D eigenvalue weighted by molar-refractivity contribution is 7.99. The van der Waals surface area contributed by atoms with E-state index in [0.717, 1.165) is 34.2 Å². The van der Waals surface area contributed by atoms with Crippen molar-refractivity contribution in [3.05, 3.63) is 16.0 Å². The lowest BCUT2D eigenvalue weighted by Crippen LogP contribution is -2.56. The molecule has 0 unspecified atom stereocenters. The molecule has 0 aromatic carbocycles. The highest BCUT2D eigenvalue weighted by Crippen LogP contribution is 2.61. The van der Waals surface area contributed by atoms with Gasteiger partial charge in [0.2, 0.25) is 11.1 Å². The number of hydrogen-bond acceptors (Lipinski definition) is 6. The van der Waals surface area contributed by atoms with E-state index in [4.69, 9.17) is 5.84 Å². The summed E-state index contributed by atoms with van der Waals surface area (Å²) < 4.78 is 0.961. The van der Waals surface area contributed by atoms with E-state index in [1.54, 1.807) is 6.92 Å². The first-order valence-electron chi connectivity index (χ1n) is 9.50. The van der Waals surface area contributed by atoms with E-state index in [9.17, 15) is 9.59 Å². The van der Waals surface area contributed by atoms with Crippen LogP contribution in [0.4, 0.5) is 0 Å². The third-order valence-corrected chi connectivity index (χ3v) is 7.68. The molecule has 0 aliphatic heterocycles. The summed E-state index contributed by atoms with van der Waals surface area (Å²) in [5.41, 5.74) is 0.149. The minimum absolute atomic E-state index is 0.0342. The molecule has 4 aliphatic carbocycles. The molecule has 26 heavy (non-hydrogen) atoms. The Hall–Kier alpha value is -1.57. The van der Waals surface area contributed by atoms with Crippen molar-refractivity contribution in [2.75, 3.05) is 11.6 Å². The molecule has 0 saturated heterocycles. The highest BCUT2D eigenvalue weighted by atomic mass is 32.2. The number of carbonyl (C=O) groups excluding carboxylic acids is 1. The van der Waals surface area contributed by atoms with Crippen molar-refractivity contribution in [2.45, 2.75) is 63.6 Å². The summed E-state index contributed by atoms with van der Waals surface area (Å²) in [4.78, 5) is 24.3. The second kappa shape index (κ2) is 6.55. The summed E-state index contributed by atoms with van der Waals surface area (Å²) in [6.45, 7) is 3.73. The molecular weight excluding hydrogens is 350 g/mol. The molecule has 8 heteroatoms. The van der Waals surface area contributed by atoms with Crippen LogP contribution in [0, 0.1) is 30.1 Å². The Bertz CT molecular complexity index is 742. The first kappa shape index (κ1) is 17.8. The number of nitrogen functional groups attached to an aromatic ring is 1. The van der Waals surface area contributed by atoms with Gasteiger partial charge in [-0.2, -0.15) is 4.68 Å². The standard InChI is InChI=1S/C18H27N5O2S/c1-10-16(25)23(19)17(22-21-10)26-9-15(24)20-11(2)18-6-12-3-13(7-18)5-14(4-12)8-18/h11-14H,3-9,19H2,1-2H3,(H,20,24)/t11-,12?,13?,14?,18?/m1/s1. The summed E-state index contributed by atoms with van der Waals surface area (Å²) >= 11 is 1.15. The minimum atomic E-state index is -0.384. The van der Waals surface area contributed by atoms with E-state index in [1.165, 1.54) is 38.5 Å². The number of carbonyl (C=O) groups is 1. The van der Waals surface area contributed by atoms with E-state index in [0.29, 0.717) is 0 Å². The van der Waals surface area contributed by atoms with Crippen LogP contribution in [0.5, 0.6) is 0 Å². The summed E-state index contributed by atoms with van der Waals surface area (Å²) in [5.74, 6) is 8.47. The van der Waals surface area contributed by atoms with Crippen LogP contribution in [0.3, 0.4) is 0 Å². The molecule has 0 spiro atoms. The lowest BCUT2D eigenvalue weighted by molar-refractivity contribution is -0.123. The molecule has 1 aromatic heterocycles. The quantitative estimate of drug-likeness (QED) is 0.595. The van der Waals surface area contributed by atoms with Gasteiger partial charge in [0.25, 0.3) is 5.56 Å². The number of nitrogens with two attached hydrogens (primary N) is 1. The Morgan fingerprint density at radius 1 is 1.27 bits per heavy atom. The molecule has 3 N–H and O–H groups in total. The van der Waals surface area contributed by atoms with Gasteiger partial charge in [0.1, 0.15) is 5.69 Å². The maximum atomic E-state index is 12.5. The smallest absolute Gasteiger partial charge is 0.294 e. The van der Waals surface area contributed by atoms with Gasteiger partial charge >= 0.3 is 0 Å². The van der Waals surface area contributed by atoms with Gasteiger partial charge in [-0.05, 0) is 75.5 Å². The van der Waals surface area contributed by atoms with Crippen molar-refractivity contribution in [1.29, 1.82) is 0 Å². The first-order chi connectivity index (χ1) is 12.4. The van der Waals surface area contributed by atoms with Crippen molar-refractivity contribution in [3.63, 3.8) is 0 Å². The molecule has 1 aromatic rings. The molecule has 4 bridgehead atoms. The summed E-state index contributed by atoms with van der Waals surface area (Å²) in [6, 6.07) is 0.188. The van der Waals surface area contributed by atoms with Crippen LogP contribution < -0.4 is 16.7 Å². The Morgan fingerprint density at radius 3 is 2.42 bits per heavy atom. The second-order valence-corrected chi connectivity index (χ2v) is 9.54. The monoisotopic (exact) mass is 377 g/mol. The van der Waals surface area contributed by atoms with Crippen LogP contribution in [0.1, 0.15) is 51.1 Å². The number of nitrogens with one attached hydrogen (secondary N) is 1.